The number of hydrogen-bond acceptors (Lipinski definition) is 0. The smallest absolute Gasteiger partial charge is 0.137 e. The van der Waals surface area contributed by atoms with Gasteiger partial charge in [-0.3, -0.25) is 0 Å². The Kier molecular flexibility index (Phi) is 4.09. The molecule has 0 N–H and O–H groups in total. The quantitative estimate of drug-likeness (QED) is 0.491. The predicted octanol–water partition coefficient (Wildman–Crippen LogP) is 3.14. The standard InChI is InChI=1S/C14H20Si2/c1-6-16(7-2,13-12-15(3,4)5)14-10-8-9-11-14/h1-2,14H,8-11H2,3-5H3. The maximum Gasteiger partial charge on any atom is 0.292 e. The average molecular weight is 244 g/mol. The summed E-state index contributed by atoms with van der Waals surface area (Å²) < 4.78 is 0. The average Bonchev–Trinajstić information content (AvgIpc) is 2.72. The van der Waals surface area contributed by atoms with E-state index in [1.165, 1.54) is 25.7 Å². The molecule has 0 saturated heterocycles. The van der Waals surface area contributed by atoms with Crippen molar-refractivity contribution >= 4 is 16.1 Å². The number of rotatable bonds is 1. The van der Waals surface area contributed by atoms with E-state index in [1.54, 1.807) is 0 Å². The van der Waals surface area contributed by atoms with Crippen molar-refractivity contribution in [1.82, 2.24) is 0 Å². The molecule has 0 aromatic heterocycles. The summed E-state index contributed by atoms with van der Waals surface area (Å²) in [6, 6.07) is 0. The Morgan fingerprint density at radius 3 is 1.81 bits per heavy atom. The fourth-order valence-corrected chi connectivity index (χ4v) is 6.56. The second-order valence-electron chi connectivity index (χ2n) is 5.58. The molecule has 0 spiro atoms. The molecular weight excluding hydrogens is 224 g/mol. The highest BCUT2D eigenvalue weighted by Crippen LogP contribution is 2.37. The first-order valence-corrected chi connectivity index (χ1v) is 11.5. The monoisotopic (exact) mass is 244 g/mol. The molecule has 1 saturated carbocycles. The van der Waals surface area contributed by atoms with E-state index in [4.69, 9.17) is 12.8 Å². The molecule has 0 aliphatic heterocycles. The van der Waals surface area contributed by atoms with Crippen molar-refractivity contribution in [2.75, 3.05) is 0 Å². The molecule has 0 heterocycles. The molecule has 1 fully saturated rings. The number of terminal acetylenes is 2. The van der Waals surface area contributed by atoms with Gasteiger partial charge in [0.2, 0.25) is 0 Å². The molecule has 0 bridgehead atoms. The molecule has 1 rings (SSSR count). The Labute approximate surface area is 102 Å². The third-order valence-electron chi connectivity index (χ3n) is 3.06. The SMILES string of the molecule is C#C[Si](C#C)(C#C[Si](C)(C)C)C1CCCC1. The van der Waals surface area contributed by atoms with Crippen LogP contribution in [0.4, 0.5) is 0 Å². The van der Waals surface area contributed by atoms with Gasteiger partial charge in [0, 0.05) is 0 Å². The first kappa shape index (κ1) is 13.2. The van der Waals surface area contributed by atoms with Gasteiger partial charge in [-0.25, -0.2) is 0 Å². The van der Waals surface area contributed by atoms with E-state index in [-0.39, 0.29) is 0 Å². The number of hydrogen-bond donors (Lipinski definition) is 0. The van der Waals surface area contributed by atoms with Crippen LogP contribution < -0.4 is 0 Å². The van der Waals surface area contributed by atoms with Gasteiger partial charge in [0.1, 0.15) is 8.07 Å². The second-order valence-corrected chi connectivity index (χ2v) is 13.6. The molecule has 84 valence electrons. The van der Waals surface area contributed by atoms with Crippen LogP contribution in [-0.4, -0.2) is 16.1 Å². The molecule has 16 heavy (non-hydrogen) atoms. The highest BCUT2D eigenvalue weighted by Gasteiger charge is 2.39. The van der Waals surface area contributed by atoms with Gasteiger partial charge in [0.25, 0.3) is 8.07 Å². The minimum atomic E-state index is -2.19. The van der Waals surface area contributed by atoms with E-state index in [9.17, 15) is 0 Å². The molecule has 0 nitrogen and oxygen atoms in total. The van der Waals surface area contributed by atoms with Gasteiger partial charge < -0.3 is 0 Å². The molecule has 0 aromatic carbocycles. The third kappa shape index (κ3) is 3.05. The van der Waals surface area contributed by atoms with Crippen LogP contribution in [0.25, 0.3) is 0 Å². The van der Waals surface area contributed by atoms with Gasteiger partial charge in [-0.05, 0) is 5.54 Å². The van der Waals surface area contributed by atoms with E-state index in [2.05, 4.69) is 41.8 Å². The van der Waals surface area contributed by atoms with Crippen LogP contribution in [-0.2, 0) is 0 Å². The summed E-state index contributed by atoms with van der Waals surface area (Å²) >= 11 is 0. The third-order valence-corrected chi connectivity index (χ3v) is 7.41. The van der Waals surface area contributed by atoms with Crippen LogP contribution in [0.2, 0.25) is 25.2 Å². The van der Waals surface area contributed by atoms with E-state index < -0.39 is 16.1 Å². The second kappa shape index (κ2) is 4.96. The minimum Gasteiger partial charge on any atom is -0.137 e. The lowest BCUT2D eigenvalue weighted by Gasteiger charge is -2.21. The summed E-state index contributed by atoms with van der Waals surface area (Å²) in [5, 5.41) is 0. The lowest BCUT2D eigenvalue weighted by molar-refractivity contribution is 0.858. The zero-order valence-electron chi connectivity index (χ0n) is 10.6. The van der Waals surface area contributed by atoms with Crippen molar-refractivity contribution < 1.29 is 0 Å². The van der Waals surface area contributed by atoms with E-state index in [1.807, 2.05) is 0 Å². The van der Waals surface area contributed by atoms with Gasteiger partial charge in [0.15, 0.2) is 0 Å². The Hall–Kier alpha value is -0.886. The molecule has 1 aliphatic carbocycles. The topological polar surface area (TPSA) is 0 Å². The van der Waals surface area contributed by atoms with Crippen molar-refractivity contribution in [1.29, 1.82) is 0 Å². The van der Waals surface area contributed by atoms with Gasteiger partial charge in [0.05, 0.1) is 0 Å². The summed E-state index contributed by atoms with van der Waals surface area (Å²) in [6.07, 6.45) is 16.4. The molecule has 2 heteroatoms. The molecule has 0 aromatic rings. The van der Waals surface area contributed by atoms with E-state index >= 15 is 0 Å². The van der Waals surface area contributed by atoms with Crippen LogP contribution in [0.1, 0.15) is 25.7 Å². The van der Waals surface area contributed by atoms with Gasteiger partial charge in [-0.2, -0.15) is 0 Å². The lowest BCUT2D eigenvalue weighted by Crippen LogP contribution is -2.36. The summed E-state index contributed by atoms with van der Waals surface area (Å²) in [5.41, 5.74) is 13.2. The molecule has 1 aliphatic rings. The fraction of sp³-hybridized carbons (Fsp3) is 0.571. The fourth-order valence-electron chi connectivity index (χ4n) is 2.10. The molecule has 0 atom stereocenters. The van der Waals surface area contributed by atoms with Crippen molar-refractivity contribution in [2.24, 2.45) is 0 Å². The van der Waals surface area contributed by atoms with Crippen LogP contribution in [0.3, 0.4) is 0 Å². The van der Waals surface area contributed by atoms with Gasteiger partial charge in [-0.1, -0.05) is 45.3 Å². The van der Waals surface area contributed by atoms with Gasteiger partial charge >= 0.3 is 0 Å². The van der Waals surface area contributed by atoms with Gasteiger partial charge in [-0.15, -0.1) is 35.0 Å². The molecule has 0 radical (unpaired) electrons. The van der Waals surface area contributed by atoms with E-state index in [0.717, 1.165) is 0 Å². The largest absolute Gasteiger partial charge is 0.292 e. The van der Waals surface area contributed by atoms with Crippen molar-refractivity contribution in [3.05, 3.63) is 0 Å². The molecule has 0 amide bonds. The maximum atomic E-state index is 5.71. The first-order chi connectivity index (χ1) is 7.43. The highest BCUT2D eigenvalue weighted by molar-refractivity contribution is 7.02. The zero-order chi connectivity index (χ0) is 12.2. The van der Waals surface area contributed by atoms with Crippen molar-refractivity contribution in [3.8, 4) is 35.0 Å². The summed E-state index contributed by atoms with van der Waals surface area (Å²) in [5.74, 6) is 0. The summed E-state index contributed by atoms with van der Waals surface area (Å²) in [4.78, 5) is 0. The molecular formula is C14H20Si2. The summed E-state index contributed by atoms with van der Waals surface area (Å²) in [7, 11) is -3.56. The van der Waals surface area contributed by atoms with Crippen molar-refractivity contribution in [2.45, 2.75) is 50.9 Å². The first-order valence-electron chi connectivity index (χ1n) is 5.93. The highest BCUT2D eigenvalue weighted by atomic mass is 28.3. The Balaban J connectivity index is 3.02. The van der Waals surface area contributed by atoms with Crippen molar-refractivity contribution in [3.63, 3.8) is 0 Å². The Bertz CT molecular complexity index is 370. The normalized spacial score (nSPS) is 17.1. The Morgan fingerprint density at radius 2 is 1.44 bits per heavy atom. The molecule has 0 unspecified atom stereocenters. The predicted molar refractivity (Wildman–Crippen MR) is 76.8 cm³/mol. The van der Waals surface area contributed by atoms with E-state index in [0.29, 0.717) is 5.54 Å². The Morgan fingerprint density at radius 1 is 0.938 bits per heavy atom. The van der Waals surface area contributed by atoms with Crippen LogP contribution in [0.15, 0.2) is 0 Å². The summed E-state index contributed by atoms with van der Waals surface area (Å²) in [6.45, 7) is 6.71. The van der Waals surface area contributed by atoms with Crippen LogP contribution >= 0.6 is 0 Å². The van der Waals surface area contributed by atoms with Crippen LogP contribution in [0.5, 0.6) is 0 Å². The maximum absolute atomic E-state index is 5.71. The minimum absolute atomic E-state index is 0.548. The van der Waals surface area contributed by atoms with Crippen LogP contribution in [0, 0.1) is 35.0 Å². The zero-order valence-corrected chi connectivity index (χ0v) is 12.6. The lowest BCUT2D eigenvalue weighted by atomic mass is 10.4.